The van der Waals surface area contributed by atoms with E-state index in [4.69, 9.17) is 5.26 Å². The molecule has 0 aliphatic carbocycles. The molecule has 0 atom stereocenters. The van der Waals surface area contributed by atoms with Gasteiger partial charge in [0, 0.05) is 17.5 Å². The first-order valence-electron chi connectivity index (χ1n) is 14.3. The summed E-state index contributed by atoms with van der Waals surface area (Å²) in [6.07, 6.45) is 27.5. The maximum absolute atomic E-state index is 13.6. The third-order valence-corrected chi connectivity index (χ3v) is 6.84. The molecule has 0 unspecified atom stereocenters. The molecule has 3 nitrogen and oxygen atoms in total. The van der Waals surface area contributed by atoms with Crippen LogP contribution >= 0.6 is 0 Å². The fourth-order valence-corrected chi connectivity index (χ4v) is 4.63. The zero-order valence-corrected chi connectivity index (χ0v) is 22.0. The molecule has 1 aromatic heterocycles. The lowest BCUT2D eigenvalue weighted by Crippen LogP contribution is -1.96. The van der Waals surface area contributed by atoms with Crippen molar-refractivity contribution in [2.75, 3.05) is 0 Å². The summed E-state index contributed by atoms with van der Waals surface area (Å²) in [5.41, 5.74) is 1.72. The van der Waals surface area contributed by atoms with Gasteiger partial charge in [0.1, 0.15) is 11.9 Å². The number of halogens is 1. The molecule has 0 bridgehead atoms. The van der Waals surface area contributed by atoms with Crippen LogP contribution in [0.25, 0.3) is 11.4 Å². The summed E-state index contributed by atoms with van der Waals surface area (Å²) in [6.45, 7) is 2.28. The van der Waals surface area contributed by atoms with E-state index < -0.39 is 5.82 Å². The molecule has 0 amide bonds. The van der Waals surface area contributed by atoms with E-state index >= 15 is 0 Å². The Balaban J connectivity index is 1.44. The molecular formula is C31H46FN3. The summed E-state index contributed by atoms with van der Waals surface area (Å²) in [5, 5.41) is 9.03. The summed E-state index contributed by atoms with van der Waals surface area (Å²) in [7, 11) is 0. The maximum Gasteiger partial charge on any atom is 0.159 e. The maximum atomic E-state index is 13.6. The molecular weight excluding hydrogens is 433 g/mol. The Morgan fingerprint density at radius 2 is 1.23 bits per heavy atom. The van der Waals surface area contributed by atoms with Crippen LogP contribution in [0.1, 0.15) is 134 Å². The van der Waals surface area contributed by atoms with E-state index in [-0.39, 0.29) is 5.56 Å². The topological polar surface area (TPSA) is 49.6 Å². The van der Waals surface area contributed by atoms with Gasteiger partial charge in [0.15, 0.2) is 5.82 Å². The smallest absolute Gasteiger partial charge is 0.159 e. The van der Waals surface area contributed by atoms with Crippen LogP contribution in [0.2, 0.25) is 0 Å². The monoisotopic (exact) mass is 479 g/mol. The molecule has 192 valence electrons. The highest BCUT2D eigenvalue weighted by molar-refractivity contribution is 5.58. The lowest BCUT2D eigenvalue weighted by Gasteiger charge is -2.05. The van der Waals surface area contributed by atoms with Crippen LogP contribution in [0, 0.1) is 17.1 Å². The molecule has 2 aromatic rings. The second-order valence-corrected chi connectivity index (χ2v) is 9.94. The first-order valence-corrected chi connectivity index (χ1v) is 14.3. The van der Waals surface area contributed by atoms with Crippen LogP contribution in [-0.2, 0) is 6.42 Å². The number of nitrogens with zero attached hydrogens (tertiary/aromatic N) is 3. The van der Waals surface area contributed by atoms with Gasteiger partial charge in [0.05, 0.1) is 5.56 Å². The largest absolute Gasteiger partial charge is 0.237 e. The van der Waals surface area contributed by atoms with E-state index in [0.717, 1.165) is 18.5 Å². The Bertz CT molecular complexity index is 859. The van der Waals surface area contributed by atoms with Crippen LogP contribution in [0.15, 0.2) is 30.5 Å². The van der Waals surface area contributed by atoms with Crippen LogP contribution in [0.4, 0.5) is 4.39 Å². The average molecular weight is 480 g/mol. The molecule has 35 heavy (non-hydrogen) atoms. The molecule has 2 rings (SSSR count). The molecule has 1 aromatic carbocycles. The van der Waals surface area contributed by atoms with Crippen LogP contribution in [0.3, 0.4) is 0 Å². The summed E-state index contributed by atoms with van der Waals surface area (Å²) in [4.78, 5) is 8.92. The molecule has 0 radical (unpaired) electrons. The molecule has 0 aliphatic heterocycles. The quantitative estimate of drug-likeness (QED) is 0.178. The molecule has 0 fully saturated rings. The van der Waals surface area contributed by atoms with Crippen molar-refractivity contribution in [2.24, 2.45) is 0 Å². The van der Waals surface area contributed by atoms with Gasteiger partial charge in [-0.25, -0.2) is 14.4 Å². The lowest BCUT2D eigenvalue weighted by molar-refractivity contribution is 0.525. The molecule has 0 saturated carbocycles. The zero-order valence-electron chi connectivity index (χ0n) is 22.0. The van der Waals surface area contributed by atoms with E-state index in [0.29, 0.717) is 11.4 Å². The standard InChI is InChI=1S/C31H46FN3/c1-2-3-4-5-6-7-8-9-10-11-12-13-14-15-16-17-18-19-20-29-23-24-34-31(35-29)27-21-22-30(32)28(25-27)26-33/h21-25H,2-20H2,1H3. The highest BCUT2D eigenvalue weighted by Gasteiger charge is 2.07. The van der Waals surface area contributed by atoms with Crippen molar-refractivity contribution in [1.82, 2.24) is 9.97 Å². The molecule has 0 aliphatic rings. The lowest BCUT2D eigenvalue weighted by atomic mass is 10.0. The van der Waals surface area contributed by atoms with Crippen molar-refractivity contribution in [3.63, 3.8) is 0 Å². The van der Waals surface area contributed by atoms with E-state index in [2.05, 4.69) is 16.9 Å². The van der Waals surface area contributed by atoms with Gasteiger partial charge in [-0.05, 0) is 37.1 Å². The van der Waals surface area contributed by atoms with Crippen LogP contribution in [0.5, 0.6) is 0 Å². The molecule has 1 heterocycles. The van der Waals surface area contributed by atoms with Gasteiger partial charge in [-0.2, -0.15) is 5.26 Å². The fraction of sp³-hybridized carbons (Fsp3) is 0.645. The highest BCUT2D eigenvalue weighted by Crippen LogP contribution is 2.19. The van der Waals surface area contributed by atoms with E-state index in [1.165, 1.54) is 121 Å². The predicted molar refractivity (Wildman–Crippen MR) is 145 cm³/mol. The Hall–Kier alpha value is -2.28. The van der Waals surface area contributed by atoms with Crippen LogP contribution in [-0.4, -0.2) is 9.97 Å². The number of benzene rings is 1. The number of unbranched alkanes of at least 4 members (excludes halogenated alkanes) is 17. The Kier molecular flexibility index (Phi) is 15.7. The summed E-state index contributed by atoms with van der Waals surface area (Å²) in [5.74, 6) is 0.0487. The normalized spacial score (nSPS) is 11.0. The number of hydrogen-bond donors (Lipinski definition) is 0. The zero-order chi connectivity index (χ0) is 25.0. The molecule has 0 N–H and O–H groups in total. The van der Waals surface area contributed by atoms with Crippen molar-refractivity contribution < 1.29 is 4.39 Å². The van der Waals surface area contributed by atoms with Crippen molar-refractivity contribution >= 4 is 0 Å². The summed E-state index contributed by atoms with van der Waals surface area (Å²) in [6, 6.07) is 8.28. The third kappa shape index (κ3) is 12.8. The first-order chi connectivity index (χ1) is 17.2. The molecule has 4 heteroatoms. The van der Waals surface area contributed by atoms with Crippen molar-refractivity contribution in [1.29, 1.82) is 5.26 Å². The Morgan fingerprint density at radius 3 is 1.74 bits per heavy atom. The second kappa shape index (κ2) is 19.0. The predicted octanol–water partition coefficient (Wildman–Crippen LogP) is 9.74. The second-order valence-electron chi connectivity index (χ2n) is 9.94. The van der Waals surface area contributed by atoms with Gasteiger partial charge in [0.2, 0.25) is 0 Å². The van der Waals surface area contributed by atoms with Gasteiger partial charge in [0.25, 0.3) is 0 Å². The number of nitriles is 1. The number of aryl methyl sites for hydroxylation is 1. The van der Waals surface area contributed by atoms with Gasteiger partial charge in [-0.1, -0.05) is 116 Å². The van der Waals surface area contributed by atoms with E-state index in [1.54, 1.807) is 12.3 Å². The fourth-order valence-electron chi connectivity index (χ4n) is 4.63. The highest BCUT2D eigenvalue weighted by atomic mass is 19.1. The number of rotatable bonds is 20. The van der Waals surface area contributed by atoms with Crippen LogP contribution < -0.4 is 0 Å². The minimum Gasteiger partial charge on any atom is -0.237 e. The van der Waals surface area contributed by atoms with Crippen molar-refractivity contribution in [3.05, 3.63) is 47.5 Å². The average Bonchev–Trinajstić information content (AvgIpc) is 2.88. The number of aromatic nitrogens is 2. The first kappa shape index (κ1) is 29.0. The van der Waals surface area contributed by atoms with Gasteiger partial charge < -0.3 is 0 Å². The molecule has 0 saturated heterocycles. The Morgan fingerprint density at radius 1 is 0.714 bits per heavy atom. The summed E-state index contributed by atoms with van der Waals surface area (Å²) >= 11 is 0. The van der Waals surface area contributed by atoms with E-state index in [9.17, 15) is 4.39 Å². The summed E-state index contributed by atoms with van der Waals surface area (Å²) < 4.78 is 13.6. The minimum atomic E-state index is -0.508. The van der Waals surface area contributed by atoms with Crippen molar-refractivity contribution in [3.8, 4) is 17.5 Å². The third-order valence-electron chi connectivity index (χ3n) is 6.84. The van der Waals surface area contributed by atoms with Crippen molar-refractivity contribution in [2.45, 2.75) is 129 Å². The molecule has 0 spiro atoms. The SMILES string of the molecule is CCCCCCCCCCCCCCCCCCCCc1ccnc(-c2ccc(F)c(C#N)c2)n1. The van der Waals surface area contributed by atoms with Gasteiger partial charge >= 0.3 is 0 Å². The Labute approximate surface area is 213 Å². The minimum absolute atomic E-state index is 0.0278. The van der Waals surface area contributed by atoms with E-state index in [1.807, 2.05) is 12.1 Å². The number of hydrogen-bond acceptors (Lipinski definition) is 3. The van der Waals surface area contributed by atoms with Gasteiger partial charge in [-0.15, -0.1) is 0 Å². The van der Waals surface area contributed by atoms with Gasteiger partial charge in [-0.3, -0.25) is 0 Å².